The molecule has 0 aromatic rings. The van der Waals surface area contributed by atoms with Crippen LogP contribution >= 0.6 is 7.82 Å². The fraction of sp³-hybridized carbons (Fsp3) is 1.00. The number of phosphoric acid groups is 1. The molecule has 0 atom stereocenters. The van der Waals surface area contributed by atoms with Crippen LogP contribution < -0.4 is 0 Å². The largest absolute Gasteiger partial charge is 0.474 e. The van der Waals surface area contributed by atoms with Gasteiger partial charge in [-0.15, -0.1) is 0 Å². The molecule has 0 saturated carbocycles. The Morgan fingerprint density at radius 1 is 0.545 bits per heavy atom. The van der Waals surface area contributed by atoms with Gasteiger partial charge in [0.25, 0.3) is 0 Å². The topological polar surface area (TPSA) is 51.2 Å². The monoisotopic (exact) mass is 492 g/mol. The van der Waals surface area contributed by atoms with E-state index in [0.29, 0.717) is 19.8 Å². The molecule has 0 heterocycles. The molecule has 6 nitrogen and oxygen atoms in total. The van der Waals surface area contributed by atoms with E-state index in [-0.39, 0.29) is 0 Å². The number of nitrogens with zero attached hydrogens (tertiary/aromatic N) is 2. The Bertz CT molecular complexity index is 444. The zero-order valence-electron chi connectivity index (χ0n) is 22.8. The van der Waals surface area contributed by atoms with Crippen LogP contribution in [0, 0.1) is 0 Å². The normalized spacial score (nSPS) is 12.3. The van der Waals surface area contributed by atoms with Crippen LogP contribution in [0.4, 0.5) is 0 Å². The molecule has 0 spiro atoms. The van der Waals surface area contributed by atoms with E-state index in [2.05, 4.69) is 30.7 Å². The van der Waals surface area contributed by atoms with E-state index in [1.165, 1.54) is 83.6 Å². The molecule has 0 unspecified atom stereocenters. The van der Waals surface area contributed by atoms with Gasteiger partial charge in [0, 0.05) is 6.54 Å². The summed E-state index contributed by atoms with van der Waals surface area (Å²) in [6.45, 7) is 14.7. The molecule has 7 heteroatoms. The second-order valence-corrected chi connectivity index (χ2v) is 10.8. The molecular formula is C26H57N2O4P. The first-order chi connectivity index (χ1) is 16.0. The first kappa shape index (κ1) is 33.0. The van der Waals surface area contributed by atoms with Crippen molar-refractivity contribution in [3.8, 4) is 0 Å². The zero-order valence-corrected chi connectivity index (χ0v) is 23.7. The third kappa shape index (κ3) is 21.1. The van der Waals surface area contributed by atoms with Gasteiger partial charge in [-0.3, -0.25) is 13.6 Å². The summed E-state index contributed by atoms with van der Waals surface area (Å²) >= 11 is 0. The molecule has 0 aromatic heterocycles. The second-order valence-electron chi connectivity index (χ2n) is 9.15. The molecular weight excluding hydrogens is 435 g/mol. The first-order valence-corrected chi connectivity index (χ1v) is 15.4. The lowest BCUT2D eigenvalue weighted by Crippen LogP contribution is -2.31. The van der Waals surface area contributed by atoms with E-state index in [1.807, 2.05) is 0 Å². The number of phosphoric ester groups is 1. The highest BCUT2D eigenvalue weighted by Crippen LogP contribution is 2.49. The van der Waals surface area contributed by atoms with Gasteiger partial charge in [0.15, 0.2) is 0 Å². The minimum Gasteiger partial charge on any atom is -0.306 e. The molecule has 0 aliphatic carbocycles. The highest BCUT2D eigenvalue weighted by atomic mass is 31.2. The third-order valence-corrected chi connectivity index (χ3v) is 7.58. The molecule has 0 radical (unpaired) electrons. The van der Waals surface area contributed by atoms with Crippen molar-refractivity contribution < 1.29 is 18.1 Å². The van der Waals surface area contributed by atoms with Crippen LogP contribution in [0.5, 0.6) is 0 Å². The van der Waals surface area contributed by atoms with Gasteiger partial charge in [-0.1, -0.05) is 71.6 Å². The standard InChI is InChI=1S/C26H57N2O4P/c1-6-10-12-13-14-15-16-17-18-23-28(24-19-22-27(5)21-11-7-2)25-20-26-32-33(29,30-8-3)31-9-4/h6-26H2,1-5H3. The molecule has 0 amide bonds. The number of hydrogen-bond acceptors (Lipinski definition) is 6. The van der Waals surface area contributed by atoms with E-state index < -0.39 is 7.82 Å². The fourth-order valence-electron chi connectivity index (χ4n) is 3.98. The number of unbranched alkanes of at least 4 members (excludes halogenated alkanes) is 9. The van der Waals surface area contributed by atoms with Gasteiger partial charge in [-0.25, -0.2) is 4.57 Å². The second kappa shape index (κ2) is 23.8. The minimum atomic E-state index is -3.39. The van der Waals surface area contributed by atoms with Crippen molar-refractivity contribution in [2.45, 2.75) is 111 Å². The van der Waals surface area contributed by atoms with Gasteiger partial charge in [0.05, 0.1) is 19.8 Å². The Balaban J connectivity index is 4.27. The predicted molar refractivity (Wildman–Crippen MR) is 142 cm³/mol. The van der Waals surface area contributed by atoms with Crippen molar-refractivity contribution in [3.05, 3.63) is 0 Å². The molecule has 0 bridgehead atoms. The van der Waals surface area contributed by atoms with Crippen LogP contribution in [0.3, 0.4) is 0 Å². The van der Waals surface area contributed by atoms with Crippen molar-refractivity contribution in [2.24, 2.45) is 0 Å². The van der Waals surface area contributed by atoms with E-state index in [0.717, 1.165) is 32.6 Å². The minimum absolute atomic E-state index is 0.327. The summed E-state index contributed by atoms with van der Waals surface area (Å²) in [6.07, 6.45) is 16.8. The lowest BCUT2D eigenvalue weighted by atomic mass is 10.1. The average Bonchev–Trinajstić information content (AvgIpc) is 2.79. The molecule has 0 saturated heterocycles. The summed E-state index contributed by atoms with van der Waals surface area (Å²) in [6, 6.07) is 0. The molecule has 0 fully saturated rings. The molecule has 0 aromatic carbocycles. The summed E-state index contributed by atoms with van der Waals surface area (Å²) in [5, 5.41) is 0. The molecule has 33 heavy (non-hydrogen) atoms. The van der Waals surface area contributed by atoms with Gasteiger partial charge in [-0.05, 0) is 72.8 Å². The van der Waals surface area contributed by atoms with E-state index in [4.69, 9.17) is 13.6 Å². The summed E-state index contributed by atoms with van der Waals surface area (Å²) in [7, 11) is -1.16. The van der Waals surface area contributed by atoms with Gasteiger partial charge in [0.1, 0.15) is 0 Å². The van der Waals surface area contributed by atoms with Crippen molar-refractivity contribution in [2.75, 3.05) is 59.6 Å². The van der Waals surface area contributed by atoms with E-state index in [1.54, 1.807) is 13.8 Å². The molecule has 0 aliphatic heterocycles. The van der Waals surface area contributed by atoms with E-state index >= 15 is 0 Å². The Kier molecular flexibility index (Phi) is 23.8. The third-order valence-electron chi connectivity index (χ3n) is 5.93. The summed E-state index contributed by atoms with van der Waals surface area (Å²) in [5.74, 6) is 0. The highest BCUT2D eigenvalue weighted by molar-refractivity contribution is 7.48. The first-order valence-electron chi connectivity index (χ1n) is 14.0. The van der Waals surface area contributed by atoms with Gasteiger partial charge < -0.3 is 9.80 Å². The van der Waals surface area contributed by atoms with Crippen molar-refractivity contribution in [3.63, 3.8) is 0 Å². The van der Waals surface area contributed by atoms with Gasteiger partial charge >= 0.3 is 7.82 Å². The quantitative estimate of drug-likeness (QED) is 0.0919. The Labute approximate surface area is 206 Å². The maximum atomic E-state index is 12.5. The van der Waals surface area contributed by atoms with Crippen LogP contribution in [-0.2, 0) is 18.1 Å². The molecule has 200 valence electrons. The van der Waals surface area contributed by atoms with Crippen molar-refractivity contribution >= 4 is 7.82 Å². The van der Waals surface area contributed by atoms with Gasteiger partial charge in [0.2, 0.25) is 0 Å². The maximum Gasteiger partial charge on any atom is 0.474 e. The summed E-state index contributed by atoms with van der Waals surface area (Å²) < 4.78 is 28.4. The number of rotatable bonds is 26. The van der Waals surface area contributed by atoms with Gasteiger partial charge in [-0.2, -0.15) is 0 Å². The summed E-state index contributed by atoms with van der Waals surface area (Å²) in [4.78, 5) is 5.01. The highest BCUT2D eigenvalue weighted by Gasteiger charge is 2.24. The Morgan fingerprint density at radius 2 is 1.03 bits per heavy atom. The van der Waals surface area contributed by atoms with Crippen LogP contribution in [-0.4, -0.2) is 69.4 Å². The smallest absolute Gasteiger partial charge is 0.306 e. The average molecular weight is 493 g/mol. The van der Waals surface area contributed by atoms with Crippen LogP contribution in [0.15, 0.2) is 0 Å². The molecule has 0 N–H and O–H groups in total. The Hall–Kier alpha value is 0.0300. The van der Waals surface area contributed by atoms with Crippen molar-refractivity contribution in [1.29, 1.82) is 0 Å². The fourth-order valence-corrected chi connectivity index (χ4v) is 5.19. The summed E-state index contributed by atoms with van der Waals surface area (Å²) in [5.41, 5.74) is 0. The lowest BCUT2D eigenvalue weighted by molar-refractivity contribution is 0.116. The molecule has 0 rings (SSSR count). The molecule has 0 aliphatic rings. The Morgan fingerprint density at radius 3 is 1.61 bits per heavy atom. The number of hydrogen-bond donors (Lipinski definition) is 0. The van der Waals surface area contributed by atoms with E-state index in [9.17, 15) is 4.57 Å². The van der Waals surface area contributed by atoms with Crippen LogP contribution in [0.25, 0.3) is 0 Å². The van der Waals surface area contributed by atoms with Crippen LogP contribution in [0.1, 0.15) is 111 Å². The van der Waals surface area contributed by atoms with Crippen LogP contribution in [0.2, 0.25) is 0 Å². The SMILES string of the molecule is CCCCCCCCCCCN(CCCOP(=O)(OCC)OCC)CCCN(C)CCCC. The van der Waals surface area contributed by atoms with Crippen molar-refractivity contribution in [1.82, 2.24) is 9.80 Å². The maximum absolute atomic E-state index is 12.5. The predicted octanol–water partition coefficient (Wildman–Crippen LogP) is 7.53. The lowest BCUT2D eigenvalue weighted by Gasteiger charge is -2.24. The zero-order chi connectivity index (χ0) is 24.6.